The van der Waals surface area contributed by atoms with Gasteiger partial charge in [0.2, 0.25) is 0 Å². The van der Waals surface area contributed by atoms with Crippen LogP contribution in [0.15, 0.2) is 57.8 Å². The van der Waals surface area contributed by atoms with Gasteiger partial charge in [-0.15, -0.1) is 0 Å². The van der Waals surface area contributed by atoms with E-state index in [1.165, 1.54) is 0 Å². The Balaban J connectivity index is 2.57. The largest absolute Gasteiger partial charge is 0.245 e. The van der Waals surface area contributed by atoms with E-state index in [-0.39, 0.29) is 0 Å². The standard InChI is InChI=1S/C15H17NOS/c1-12-9-10-13(2)15(11-12)16-18(3,17)14-7-5-4-6-8-14/h4-11H,1-3H3. The number of aryl methyl sites for hydroxylation is 2. The van der Waals surface area contributed by atoms with Gasteiger partial charge in [-0.05, 0) is 43.2 Å². The van der Waals surface area contributed by atoms with Crippen molar-refractivity contribution in [3.05, 3.63) is 59.7 Å². The molecule has 0 fully saturated rings. The lowest BCUT2D eigenvalue weighted by Crippen LogP contribution is -1.96. The molecule has 0 aliphatic carbocycles. The third-order valence-corrected chi connectivity index (χ3v) is 4.51. The molecule has 0 saturated heterocycles. The summed E-state index contributed by atoms with van der Waals surface area (Å²) < 4.78 is 17.1. The van der Waals surface area contributed by atoms with Crippen LogP contribution in [0.1, 0.15) is 11.1 Å². The highest BCUT2D eigenvalue weighted by molar-refractivity contribution is 7.93. The van der Waals surface area contributed by atoms with Gasteiger partial charge in [0.15, 0.2) is 0 Å². The van der Waals surface area contributed by atoms with E-state index < -0.39 is 9.73 Å². The van der Waals surface area contributed by atoms with Crippen LogP contribution in [0.4, 0.5) is 5.69 Å². The Morgan fingerprint density at radius 2 is 1.67 bits per heavy atom. The Morgan fingerprint density at radius 3 is 2.33 bits per heavy atom. The lowest BCUT2D eigenvalue weighted by molar-refractivity contribution is 0.681. The second-order valence-corrected chi connectivity index (χ2v) is 6.76. The quantitative estimate of drug-likeness (QED) is 0.798. The molecule has 0 bridgehead atoms. The van der Waals surface area contributed by atoms with Crippen LogP contribution in [0.5, 0.6) is 0 Å². The zero-order valence-electron chi connectivity index (χ0n) is 10.9. The first kappa shape index (κ1) is 12.8. The molecule has 0 aliphatic rings. The van der Waals surface area contributed by atoms with Gasteiger partial charge in [-0.3, -0.25) is 0 Å². The smallest absolute Gasteiger partial charge is 0.0771 e. The maximum Gasteiger partial charge on any atom is 0.0771 e. The minimum absolute atomic E-state index is 0.769. The Bertz CT molecular complexity index is 668. The molecule has 0 spiro atoms. The first-order chi connectivity index (χ1) is 8.49. The summed E-state index contributed by atoms with van der Waals surface area (Å²) in [5.41, 5.74) is 2.99. The Morgan fingerprint density at radius 1 is 1.00 bits per heavy atom. The molecule has 0 aliphatic heterocycles. The van der Waals surface area contributed by atoms with Crippen molar-refractivity contribution < 1.29 is 4.21 Å². The van der Waals surface area contributed by atoms with E-state index in [2.05, 4.69) is 4.36 Å². The van der Waals surface area contributed by atoms with Crippen molar-refractivity contribution in [3.63, 3.8) is 0 Å². The first-order valence-corrected chi connectivity index (χ1v) is 7.76. The molecule has 1 atom stereocenters. The molecule has 2 nitrogen and oxygen atoms in total. The average molecular weight is 259 g/mol. The summed E-state index contributed by atoms with van der Waals surface area (Å²) in [6.45, 7) is 4.00. The Kier molecular flexibility index (Phi) is 3.53. The number of hydrogen-bond donors (Lipinski definition) is 0. The lowest BCUT2D eigenvalue weighted by Gasteiger charge is -2.07. The van der Waals surface area contributed by atoms with E-state index in [0.29, 0.717) is 0 Å². The first-order valence-electron chi connectivity index (χ1n) is 5.83. The third kappa shape index (κ3) is 2.79. The van der Waals surface area contributed by atoms with Gasteiger partial charge >= 0.3 is 0 Å². The minimum atomic E-state index is -2.38. The Labute approximate surface area is 109 Å². The fourth-order valence-corrected chi connectivity index (χ4v) is 3.07. The van der Waals surface area contributed by atoms with E-state index in [4.69, 9.17) is 0 Å². The normalized spacial score (nSPS) is 13.9. The van der Waals surface area contributed by atoms with E-state index >= 15 is 0 Å². The highest BCUT2D eigenvalue weighted by Gasteiger charge is 2.06. The SMILES string of the molecule is Cc1ccc(C)c(N=S(C)(=O)c2ccccc2)c1. The van der Waals surface area contributed by atoms with Crippen molar-refractivity contribution in [1.82, 2.24) is 0 Å². The zero-order valence-corrected chi connectivity index (χ0v) is 11.7. The van der Waals surface area contributed by atoms with Crippen molar-refractivity contribution in [2.45, 2.75) is 18.7 Å². The third-order valence-electron chi connectivity index (χ3n) is 2.82. The molecular weight excluding hydrogens is 242 g/mol. The molecule has 0 amide bonds. The van der Waals surface area contributed by atoms with Crippen molar-refractivity contribution in [3.8, 4) is 0 Å². The van der Waals surface area contributed by atoms with E-state index in [0.717, 1.165) is 21.7 Å². The van der Waals surface area contributed by atoms with Gasteiger partial charge in [0.1, 0.15) is 0 Å². The summed E-state index contributed by atoms with van der Waals surface area (Å²) in [6, 6.07) is 15.4. The summed E-state index contributed by atoms with van der Waals surface area (Å²) >= 11 is 0. The van der Waals surface area contributed by atoms with Gasteiger partial charge < -0.3 is 0 Å². The maximum atomic E-state index is 12.7. The van der Waals surface area contributed by atoms with E-state index in [1.807, 2.05) is 62.4 Å². The van der Waals surface area contributed by atoms with Gasteiger partial charge in [0.25, 0.3) is 0 Å². The fraction of sp³-hybridized carbons (Fsp3) is 0.200. The average Bonchev–Trinajstić information content (AvgIpc) is 2.35. The Hall–Kier alpha value is -1.61. The van der Waals surface area contributed by atoms with Crippen LogP contribution >= 0.6 is 0 Å². The summed E-state index contributed by atoms with van der Waals surface area (Å²) in [5, 5.41) is 0. The van der Waals surface area contributed by atoms with Crippen molar-refractivity contribution in [1.29, 1.82) is 0 Å². The van der Waals surface area contributed by atoms with Crippen molar-refractivity contribution in [2.24, 2.45) is 4.36 Å². The molecule has 0 radical (unpaired) electrons. The minimum Gasteiger partial charge on any atom is -0.245 e. The molecule has 2 aromatic carbocycles. The van der Waals surface area contributed by atoms with Crippen LogP contribution in [0.2, 0.25) is 0 Å². The van der Waals surface area contributed by atoms with Gasteiger partial charge in [0, 0.05) is 11.2 Å². The van der Waals surface area contributed by atoms with Crippen LogP contribution in [-0.2, 0) is 9.73 Å². The topological polar surface area (TPSA) is 29.4 Å². The molecule has 18 heavy (non-hydrogen) atoms. The lowest BCUT2D eigenvalue weighted by atomic mass is 10.1. The van der Waals surface area contributed by atoms with Crippen LogP contribution in [0, 0.1) is 13.8 Å². The number of benzene rings is 2. The number of nitrogens with zero attached hydrogens (tertiary/aromatic N) is 1. The van der Waals surface area contributed by atoms with Gasteiger partial charge in [-0.2, -0.15) is 4.36 Å². The van der Waals surface area contributed by atoms with Crippen LogP contribution in [0.3, 0.4) is 0 Å². The van der Waals surface area contributed by atoms with E-state index in [1.54, 1.807) is 6.26 Å². The molecule has 0 saturated carbocycles. The monoisotopic (exact) mass is 259 g/mol. The second-order valence-electron chi connectivity index (χ2n) is 4.50. The molecular formula is C15H17NOS. The highest BCUT2D eigenvalue weighted by Crippen LogP contribution is 2.24. The fourth-order valence-electron chi connectivity index (χ4n) is 1.73. The predicted octanol–water partition coefficient (Wildman–Crippen LogP) is 4.09. The predicted molar refractivity (Wildman–Crippen MR) is 76.8 cm³/mol. The van der Waals surface area contributed by atoms with Gasteiger partial charge in [0.05, 0.1) is 15.4 Å². The summed E-state index contributed by atoms with van der Waals surface area (Å²) in [5.74, 6) is 0. The van der Waals surface area contributed by atoms with E-state index in [9.17, 15) is 4.21 Å². The molecule has 2 aromatic rings. The number of rotatable bonds is 2. The van der Waals surface area contributed by atoms with Gasteiger partial charge in [-0.1, -0.05) is 30.3 Å². The summed E-state index contributed by atoms with van der Waals surface area (Å²) in [7, 11) is -2.38. The number of hydrogen-bond acceptors (Lipinski definition) is 2. The molecule has 0 aromatic heterocycles. The molecule has 3 heteroatoms. The molecule has 2 rings (SSSR count). The molecule has 1 unspecified atom stereocenters. The second kappa shape index (κ2) is 4.94. The zero-order chi connectivity index (χ0) is 13.2. The van der Waals surface area contributed by atoms with Crippen LogP contribution in [-0.4, -0.2) is 10.5 Å². The maximum absolute atomic E-state index is 12.7. The van der Waals surface area contributed by atoms with Crippen molar-refractivity contribution >= 4 is 15.4 Å². The van der Waals surface area contributed by atoms with Crippen LogP contribution < -0.4 is 0 Å². The molecule has 94 valence electrons. The highest BCUT2D eigenvalue weighted by atomic mass is 32.2. The molecule has 0 N–H and O–H groups in total. The summed E-state index contributed by atoms with van der Waals surface area (Å²) in [4.78, 5) is 0.769. The summed E-state index contributed by atoms with van der Waals surface area (Å²) in [6.07, 6.45) is 1.68. The van der Waals surface area contributed by atoms with Gasteiger partial charge in [-0.25, -0.2) is 4.21 Å². The van der Waals surface area contributed by atoms with Crippen LogP contribution in [0.25, 0.3) is 0 Å². The van der Waals surface area contributed by atoms with Crippen molar-refractivity contribution in [2.75, 3.05) is 6.26 Å². The molecule has 0 heterocycles.